The Bertz CT molecular complexity index is 741. The Balaban J connectivity index is 1.65. The van der Waals surface area contributed by atoms with Crippen LogP contribution in [0.2, 0.25) is 0 Å². The summed E-state index contributed by atoms with van der Waals surface area (Å²) in [6.07, 6.45) is 3.93. The second-order valence-corrected chi connectivity index (χ2v) is 6.43. The number of carbonyl (C=O) groups is 2. The Morgan fingerprint density at radius 2 is 2.04 bits per heavy atom. The fraction of sp³-hybridized carbons (Fsp3) is 0.450. The van der Waals surface area contributed by atoms with Crippen molar-refractivity contribution in [3.63, 3.8) is 0 Å². The van der Waals surface area contributed by atoms with E-state index in [1.54, 1.807) is 17.9 Å². The lowest BCUT2D eigenvalue weighted by Crippen LogP contribution is -2.48. The van der Waals surface area contributed by atoms with Crippen molar-refractivity contribution in [3.8, 4) is 0 Å². The van der Waals surface area contributed by atoms with Gasteiger partial charge in [-0.3, -0.25) is 4.79 Å². The highest BCUT2D eigenvalue weighted by Crippen LogP contribution is 2.21. The summed E-state index contributed by atoms with van der Waals surface area (Å²) in [6.45, 7) is 2.61. The minimum absolute atomic E-state index is 0.185. The molecule has 26 heavy (non-hydrogen) atoms. The maximum atomic E-state index is 12.8. The monoisotopic (exact) mass is 356 g/mol. The van der Waals surface area contributed by atoms with Crippen molar-refractivity contribution in [1.82, 2.24) is 10.1 Å². The maximum absolute atomic E-state index is 12.8. The third-order valence-corrected chi connectivity index (χ3v) is 4.60. The molecule has 0 bridgehead atoms. The van der Waals surface area contributed by atoms with Gasteiger partial charge in [0, 0.05) is 12.6 Å². The van der Waals surface area contributed by atoms with Gasteiger partial charge in [0.05, 0.1) is 12.3 Å². The van der Waals surface area contributed by atoms with E-state index in [0.29, 0.717) is 26.0 Å². The van der Waals surface area contributed by atoms with Gasteiger partial charge in [-0.05, 0) is 44.6 Å². The van der Waals surface area contributed by atoms with E-state index in [0.717, 1.165) is 25.0 Å². The number of nitrogens with zero attached hydrogens (tertiary/aromatic N) is 2. The molecule has 1 atom stereocenters. The topological polar surface area (TPSA) is 72.6 Å². The number of likely N-dealkylation sites (tertiary alicyclic amines) is 1. The highest BCUT2D eigenvalue weighted by Gasteiger charge is 2.35. The van der Waals surface area contributed by atoms with Gasteiger partial charge in [-0.1, -0.05) is 35.5 Å². The SMILES string of the molecule is CCOC(=O)[C@@H]1CCCCN1C(=O)c1cc(CCc2ccccc2)no1. The van der Waals surface area contributed by atoms with Gasteiger partial charge in [0.15, 0.2) is 0 Å². The van der Waals surface area contributed by atoms with Crippen LogP contribution in [0, 0.1) is 0 Å². The van der Waals surface area contributed by atoms with Crippen LogP contribution in [-0.2, 0) is 22.4 Å². The minimum Gasteiger partial charge on any atom is -0.464 e. The van der Waals surface area contributed by atoms with Gasteiger partial charge < -0.3 is 14.2 Å². The normalized spacial score (nSPS) is 17.1. The number of benzene rings is 1. The molecule has 6 nitrogen and oxygen atoms in total. The van der Waals surface area contributed by atoms with Crippen molar-refractivity contribution in [2.75, 3.05) is 13.2 Å². The summed E-state index contributed by atoms with van der Waals surface area (Å²) in [5, 5.41) is 4.01. The number of aromatic nitrogens is 1. The molecule has 0 unspecified atom stereocenters. The molecule has 1 fully saturated rings. The number of aryl methyl sites for hydroxylation is 2. The molecule has 0 saturated carbocycles. The molecule has 2 aromatic rings. The van der Waals surface area contributed by atoms with Gasteiger partial charge in [0.1, 0.15) is 6.04 Å². The second kappa shape index (κ2) is 8.65. The first-order valence-electron chi connectivity index (χ1n) is 9.16. The summed E-state index contributed by atoms with van der Waals surface area (Å²) < 4.78 is 10.4. The molecule has 0 N–H and O–H groups in total. The number of ether oxygens (including phenoxy) is 1. The van der Waals surface area contributed by atoms with Crippen LogP contribution >= 0.6 is 0 Å². The van der Waals surface area contributed by atoms with E-state index in [4.69, 9.17) is 9.26 Å². The molecular formula is C20H24N2O4. The number of piperidine rings is 1. The molecule has 2 heterocycles. The average molecular weight is 356 g/mol. The van der Waals surface area contributed by atoms with Crippen LogP contribution in [0.1, 0.15) is 48.0 Å². The molecule has 6 heteroatoms. The summed E-state index contributed by atoms with van der Waals surface area (Å²) >= 11 is 0. The molecule has 1 aromatic heterocycles. The van der Waals surface area contributed by atoms with Crippen molar-refractivity contribution >= 4 is 11.9 Å². The van der Waals surface area contributed by atoms with E-state index in [9.17, 15) is 9.59 Å². The van der Waals surface area contributed by atoms with Gasteiger partial charge >= 0.3 is 5.97 Å². The highest BCUT2D eigenvalue weighted by atomic mass is 16.5. The van der Waals surface area contributed by atoms with Gasteiger partial charge in [0.2, 0.25) is 5.76 Å². The molecule has 1 saturated heterocycles. The lowest BCUT2D eigenvalue weighted by atomic mass is 10.0. The molecule has 1 aromatic carbocycles. The van der Waals surface area contributed by atoms with Crippen LogP contribution in [0.4, 0.5) is 0 Å². The molecule has 138 valence electrons. The van der Waals surface area contributed by atoms with E-state index in [2.05, 4.69) is 17.3 Å². The molecule has 0 radical (unpaired) electrons. The average Bonchev–Trinajstić information content (AvgIpc) is 3.16. The summed E-state index contributed by atoms with van der Waals surface area (Å²) in [6, 6.07) is 11.2. The van der Waals surface area contributed by atoms with Crippen LogP contribution in [0.15, 0.2) is 40.9 Å². The Hall–Kier alpha value is -2.63. The Morgan fingerprint density at radius 1 is 1.23 bits per heavy atom. The van der Waals surface area contributed by atoms with Gasteiger partial charge in [0.25, 0.3) is 5.91 Å². The second-order valence-electron chi connectivity index (χ2n) is 6.43. The van der Waals surface area contributed by atoms with E-state index in [1.807, 2.05) is 18.2 Å². The quantitative estimate of drug-likeness (QED) is 0.744. The number of hydrogen-bond donors (Lipinski definition) is 0. The van der Waals surface area contributed by atoms with Crippen molar-refractivity contribution in [2.24, 2.45) is 0 Å². The number of amides is 1. The highest BCUT2D eigenvalue weighted by molar-refractivity contribution is 5.94. The lowest BCUT2D eigenvalue weighted by Gasteiger charge is -2.33. The van der Waals surface area contributed by atoms with E-state index in [-0.39, 0.29) is 17.6 Å². The van der Waals surface area contributed by atoms with Crippen LogP contribution < -0.4 is 0 Å². The van der Waals surface area contributed by atoms with E-state index >= 15 is 0 Å². The van der Waals surface area contributed by atoms with Gasteiger partial charge in [-0.15, -0.1) is 0 Å². The standard InChI is InChI=1S/C20H24N2O4/c1-2-25-20(24)17-10-6-7-13-22(17)19(23)18-14-16(21-26-18)12-11-15-8-4-3-5-9-15/h3-5,8-9,14,17H,2,6-7,10-13H2,1H3/t17-/m0/s1. The molecule has 0 aliphatic carbocycles. The largest absolute Gasteiger partial charge is 0.464 e. The maximum Gasteiger partial charge on any atom is 0.328 e. The van der Waals surface area contributed by atoms with Crippen LogP contribution in [-0.4, -0.2) is 41.1 Å². The zero-order chi connectivity index (χ0) is 18.4. The molecule has 0 spiro atoms. The molecular weight excluding hydrogens is 332 g/mol. The van der Waals surface area contributed by atoms with Crippen molar-refractivity contribution in [3.05, 3.63) is 53.4 Å². The Labute approximate surface area is 153 Å². The van der Waals surface area contributed by atoms with Gasteiger partial charge in [-0.25, -0.2) is 4.79 Å². The third kappa shape index (κ3) is 4.31. The van der Waals surface area contributed by atoms with Crippen molar-refractivity contribution < 1.29 is 18.8 Å². The first-order valence-corrected chi connectivity index (χ1v) is 9.16. The predicted molar refractivity (Wildman–Crippen MR) is 95.7 cm³/mol. The van der Waals surface area contributed by atoms with E-state index < -0.39 is 6.04 Å². The van der Waals surface area contributed by atoms with Crippen LogP contribution in [0.25, 0.3) is 0 Å². The minimum atomic E-state index is -0.533. The number of esters is 1. The smallest absolute Gasteiger partial charge is 0.328 e. The Morgan fingerprint density at radius 3 is 2.81 bits per heavy atom. The van der Waals surface area contributed by atoms with Crippen LogP contribution in [0.3, 0.4) is 0 Å². The predicted octanol–water partition coefficient (Wildman–Crippen LogP) is 3.02. The molecule has 1 amide bonds. The lowest BCUT2D eigenvalue weighted by molar-refractivity contribution is -0.149. The number of hydrogen-bond acceptors (Lipinski definition) is 5. The molecule has 1 aliphatic heterocycles. The molecule has 3 rings (SSSR count). The number of rotatable bonds is 6. The van der Waals surface area contributed by atoms with Crippen LogP contribution in [0.5, 0.6) is 0 Å². The Kier molecular flexibility index (Phi) is 6.04. The van der Waals surface area contributed by atoms with Gasteiger partial charge in [-0.2, -0.15) is 0 Å². The summed E-state index contributed by atoms with van der Waals surface area (Å²) in [7, 11) is 0. The zero-order valence-electron chi connectivity index (χ0n) is 15.0. The summed E-state index contributed by atoms with van der Waals surface area (Å²) in [5.41, 5.74) is 1.95. The first kappa shape index (κ1) is 18.2. The molecule has 1 aliphatic rings. The fourth-order valence-corrected chi connectivity index (χ4v) is 3.25. The van der Waals surface area contributed by atoms with Crippen molar-refractivity contribution in [1.29, 1.82) is 0 Å². The number of carbonyl (C=O) groups excluding carboxylic acids is 2. The first-order chi connectivity index (χ1) is 12.7. The fourth-order valence-electron chi connectivity index (χ4n) is 3.25. The van der Waals surface area contributed by atoms with Crippen molar-refractivity contribution in [2.45, 2.75) is 45.1 Å². The summed E-state index contributed by atoms with van der Waals surface area (Å²) in [4.78, 5) is 26.5. The van der Waals surface area contributed by atoms with E-state index in [1.165, 1.54) is 5.56 Å². The zero-order valence-corrected chi connectivity index (χ0v) is 15.0. The summed E-state index contributed by atoms with van der Waals surface area (Å²) in [5.74, 6) is -0.449. The third-order valence-electron chi connectivity index (χ3n) is 4.60.